The SMILES string of the molecule is NCC(CO)c1cnc2ccccc2n1. The predicted molar refractivity (Wildman–Crippen MR) is 58.4 cm³/mol. The van der Waals surface area contributed by atoms with Crippen molar-refractivity contribution >= 4 is 11.0 Å². The van der Waals surface area contributed by atoms with E-state index < -0.39 is 0 Å². The molecule has 1 aromatic heterocycles. The Morgan fingerprint density at radius 3 is 2.67 bits per heavy atom. The minimum Gasteiger partial charge on any atom is -0.396 e. The van der Waals surface area contributed by atoms with Crippen molar-refractivity contribution in [3.8, 4) is 0 Å². The lowest BCUT2D eigenvalue weighted by Gasteiger charge is -2.10. The summed E-state index contributed by atoms with van der Waals surface area (Å²) in [6.45, 7) is 0.382. The summed E-state index contributed by atoms with van der Waals surface area (Å²) in [6, 6.07) is 7.64. The minimum atomic E-state index is -0.123. The third kappa shape index (κ3) is 1.95. The fraction of sp³-hybridized carbons (Fsp3) is 0.273. The summed E-state index contributed by atoms with van der Waals surface area (Å²) in [5, 5.41) is 9.10. The summed E-state index contributed by atoms with van der Waals surface area (Å²) < 4.78 is 0. The molecule has 0 saturated carbocycles. The van der Waals surface area contributed by atoms with E-state index in [2.05, 4.69) is 9.97 Å². The first-order chi connectivity index (χ1) is 7.35. The van der Waals surface area contributed by atoms with Crippen LogP contribution in [0.2, 0.25) is 0 Å². The Morgan fingerprint density at radius 2 is 2.00 bits per heavy atom. The van der Waals surface area contributed by atoms with Crippen molar-refractivity contribution in [2.45, 2.75) is 5.92 Å². The van der Waals surface area contributed by atoms with E-state index in [-0.39, 0.29) is 12.5 Å². The molecule has 3 N–H and O–H groups in total. The van der Waals surface area contributed by atoms with E-state index in [4.69, 9.17) is 10.8 Å². The van der Waals surface area contributed by atoms with Crippen LogP contribution in [0, 0.1) is 0 Å². The number of para-hydroxylation sites is 2. The minimum absolute atomic E-state index is 0.00349. The monoisotopic (exact) mass is 203 g/mol. The maximum absolute atomic E-state index is 9.10. The highest BCUT2D eigenvalue weighted by molar-refractivity contribution is 5.73. The zero-order valence-electron chi connectivity index (χ0n) is 8.30. The van der Waals surface area contributed by atoms with Crippen molar-refractivity contribution in [1.29, 1.82) is 0 Å². The third-order valence-electron chi connectivity index (χ3n) is 2.39. The molecule has 78 valence electrons. The van der Waals surface area contributed by atoms with Crippen LogP contribution in [0.4, 0.5) is 0 Å². The molecule has 0 bridgehead atoms. The number of rotatable bonds is 3. The molecule has 1 unspecified atom stereocenters. The van der Waals surface area contributed by atoms with E-state index in [0.717, 1.165) is 16.7 Å². The molecule has 1 heterocycles. The third-order valence-corrected chi connectivity index (χ3v) is 2.39. The van der Waals surface area contributed by atoms with E-state index in [9.17, 15) is 0 Å². The summed E-state index contributed by atoms with van der Waals surface area (Å²) in [5.74, 6) is -0.123. The summed E-state index contributed by atoms with van der Waals surface area (Å²) in [4.78, 5) is 8.68. The van der Waals surface area contributed by atoms with Crippen LogP contribution in [0.1, 0.15) is 11.6 Å². The van der Waals surface area contributed by atoms with Gasteiger partial charge in [-0.3, -0.25) is 4.98 Å². The van der Waals surface area contributed by atoms with Gasteiger partial charge in [0.2, 0.25) is 0 Å². The first-order valence-corrected chi connectivity index (χ1v) is 4.87. The highest BCUT2D eigenvalue weighted by Crippen LogP contribution is 2.14. The van der Waals surface area contributed by atoms with E-state index in [0.29, 0.717) is 6.54 Å². The summed E-state index contributed by atoms with van der Waals surface area (Å²) in [7, 11) is 0. The van der Waals surface area contributed by atoms with E-state index in [1.54, 1.807) is 6.20 Å². The quantitative estimate of drug-likeness (QED) is 0.768. The number of hydrogen-bond acceptors (Lipinski definition) is 4. The van der Waals surface area contributed by atoms with Crippen LogP contribution in [0.25, 0.3) is 11.0 Å². The molecule has 15 heavy (non-hydrogen) atoms. The highest BCUT2D eigenvalue weighted by Gasteiger charge is 2.10. The lowest BCUT2D eigenvalue weighted by Crippen LogP contribution is -2.17. The average Bonchev–Trinajstić information content (AvgIpc) is 2.30. The molecule has 0 radical (unpaired) electrons. The molecule has 0 aliphatic carbocycles. The largest absolute Gasteiger partial charge is 0.396 e. The Hall–Kier alpha value is -1.52. The van der Waals surface area contributed by atoms with Gasteiger partial charge in [0.25, 0.3) is 0 Å². The lowest BCUT2D eigenvalue weighted by atomic mass is 10.1. The number of aliphatic hydroxyl groups is 1. The van der Waals surface area contributed by atoms with Gasteiger partial charge in [-0.2, -0.15) is 0 Å². The van der Waals surface area contributed by atoms with E-state index in [1.807, 2.05) is 24.3 Å². The second-order valence-electron chi connectivity index (χ2n) is 3.40. The van der Waals surface area contributed by atoms with Gasteiger partial charge in [0.1, 0.15) is 0 Å². The molecule has 2 aromatic rings. The number of aliphatic hydroxyl groups excluding tert-OH is 1. The molecule has 0 saturated heterocycles. The summed E-state index contributed by atoms with van der Waals surface area (Å²) >= 11 is 0. The van der Waals surface area contributed by atoms with Gasteiger partial charge in [0.15, 0.2) is 0 Å². The molecule has 2 rings (SSSR count). The summed E-state index contributed by atoms with van der Waals surface area (Å²) in [5.41, 5.74) is 7.97. The molecule has 4 heteroatoms. The van der Waals surface area contributed by atoms with Crippen molar-refractivity contribution in [2.24, 2.45) is 5.73 Å². The van der Waals surface area contributed by atoms with Gasteiger partial charge < -0.3 is 10.8 Å². The second kappa shape index (κ2) is 4.33. The van der Waals surface area contributed by atoms with Crippen LogP contribution in [0.5, 0.6) is 0 Å². The molecular weight excluding hydrogens is 190 g/mol. The number of aromatic nitrogens is 2. The molecule has 0 aliphatic rings. The van der Waals surface area contributed by atoms with Gasteiger partial charge >= 0.3 is 0 Å². The smallest absolute Gasteiger partial charge is 0.0890 e. The first kappa shape index (κ1) is 10.0. The fourth-order valence-corrected chi connectivity index (χ4v) is 1.46. The number of nitrogens with zero attached hydrogens (tertiary/aromatic N) is 2. The zero-order chi connectivity index (χ0) is 10.7. The Labute approximate surface area is 87.8 Å². The standard InChI is InChI=1S/C11H13N3O/c12-5-8(7-15)11-6-13-9-3-1-2-4-10(9)14-11/h1-4,6,8,15H,5,7,12H2. The zero-order valence-corrected chi connectivity index (χ0v) is 8.30. The average molecular weight is 203 g/mol. The van der Waals surface area contributed by atoms with Crippen LogP contribution < -0.4 is 5.73 Å². The molecule has 0 fully saturated rings. The highest BCUT2D eigenvalue weighted by atomic mass is 16.3. The Kier molecular flexibility index (Phi) is 2.89. The van der Waals surface area contributed by atoms with Crippen LogP contribution >= 0.6 is 0 Å². The molecule has 1 atom stereocenters. The number of nitrogens with two attached hydrogens (primary N) is 1. The van der Waals surface area contributed by atoms with Crippen LogP contribution in [0.3, 0.4) is 0 Å². The lowest BCUT2D eigenvalue weighted by molar-refractivity contribution is 0.265. The Morgan fingerprint density at radius 1 is 1.27 bits per heavy atom. The van der Waals surface area contributed by atoms with Crippen molar-refractivity contribution in [2.75, 3.05) is 13.2 Å². The van der Waals surface area contributed by atoms with Gasteiger partial charge in [-0.05, 0) is 12.1 Å². The van der Waals surface area contributed by atoms with E-state index >= 15 is 0 Å². The number of benzene rings is 1. The van der Waals surface area contributed by atoms with Crippen LogP contribution in [0.15, 0.2) is 30.5 Å². The van der Waals surface area contributed by atoms with Gasteiger partial charge in [-0.1, -0.05) is 12.1 Å². The molecule has 4 nitrogen and oxygen atoms in total. The van der Waals surface area contributed by atoms with Gasteiger partial charge in [0.05, 0.1) is 23.3 Å². The molecule has 0 spiro atoms. The number of hydrogen-bond donors (Lipinski definition) is 2. The molecule has 0 aliphatic heterocycles. The van der Waals surface area contributed by atoms with Gasteiger partial charge in [-0.15, -0.1) is 0 Å². The number of fused-ring (bicyclic) bond motifs is 1. The first-order valence-electron chi connectivity index (χ1n) is 4.87. The maximum Gasteiger partial charge on any atom is 0.0890 e. The van der Waals surface area contributed by atoms with Crippen molar-refractivity contribution in [1.82, 2.24) is 9.97 Å². The van der Waals surface area contributed by atoms with Gasteiger partial charge in [-0.25, -0.2) is 4.98 Å². The molecule has 0 amide bonds. The second-order valence-corrected chi connectivity index (χ2v) is 3.40. The normalized spacial score (nSPS) is 12.9. The Bertz CT molecular complexity index is 454. The molecular formula is C11H13N3O. The van der Waals surface area contributed by atoms with Crippen molar-refractivity contribution in [3.63, 3.8) is 0 Å². The van der Waals surface area contributed by atoms with Crippen LogP contribution in [-0.2, 0) is 0 Å². The van der Waals surface area contributed by atoms with Crippen LogP contribution in [-0.4, -0.2) is 28.2 Å². The topological polar surface area (TPSA) is 72.0 Å². The van der Waals surface area contributed by atoms with Crippen molar-refractivity contribution < 1.29 is 5.11 Å². The van der Waals surface area contributed by atoms with Gasteiger partial charge in [0, 0.05) is 18.7 Å². The Balaban J connectivity index is 2.46. The fourth-order valence-electron chi connectivity index (χ4n) is 1.46. The van der Waals surface area contributed by atoms with Crippen molar-refractivity contribution in [3.05, 3.63) is 36.2 Å². The maximum atomic E-state index is 9.10. The van der Waals surface area contributed by atoms with E-state index in [1.165, 1.54) is 0 Å². The predicted octanol–water partition coefficient (Wildman–Crippen LogP) is 0.664. The summed E-state index contributed by atoms with van der Waals surface area (Å²) in [6.07, 6.45) is 1.68. The molecule has 1 aromatic carbocycles.